The van der Waals surface area contributed by atoms with Crippen molar-refractivity contribution in [2.24, 2.45) is 5.73 Å². The van der Waals surface area contributed by atoms with Crippen molar-refractivity contribution in [1.29, 1.82) is 0 Å². The smallest absolute Gasteiger partial charge is 0.246 e. The first-order valence-electron chi connectivity index (χ1n) is 10.1. The summed E-state index contributed by atoms with van der Waals surface area (Å²) in [5.41, 5.74) is 7.30. The maximum absolute atomic E-state index is 13.0. The quantitative estimate of drug-likeness (QED) is 0.864. The SMILES string of the molecule is NC[C@]1(c2cccc(Cl)c2)CC[C@H](N2CC(=O)N3CCCC[C@H]3C2=O)CC1. The molecule has 5 nitrogen and oxygen atoms in total. The third-order valence-corrected chi connectivity index (χ3v) is 7.11. The second-order valence-corrected chi connectivity index (χ2v) is 8.73. The number of halogens is 1. The van der Waals surface area contributed by atoms with Crippen LogP contribution in [0.1, 0.15) is 50.5 Å². The average molecular weight is 390 g/mol. The largest absolute Gasteiger partial charge is 0.330 e. The minimum Gasteiger partial charge on any atom is -0.330 e. The summed E-state index contributed by atoms with van der Waals surface area (Å²) in [7, 11) is 0. The highest BCUT2D eigenvalue weighted by Gasteiger charge is 2.45. The van der Waals surface area contributed by atoms with Gasteiger partial charge in [0.1, 0.15) is 12.6 Å². The van der Waals surface area contributed by atoms with Crippen molar-refractivity contribution in [1.82, 2.24) is 9.80 Å². The van der Waals surface area contributed by atoms with Crippen LogP contribution in [0.5, 0.6) is 0 Å². The summed E-state index contributed by atoms with van der Waals surface area (Å²) >= 11 is 6.20. The molecule has 2 amide bonds. The van der Waals surface area contributed by atoms with E-state index in [1.165, 1.54) is 5.56 Å². The number of piperidine rings is 1. The number of rotatable bonds is 3. The molecule has 1 aromatic rings. The zero-order valence-corrected chi connectivity index (χ0v) is 16.5. The molecule has 2 heterocycles. The van der Waals surface area contributed by atoms with E-state index in [2.05, 4.69) is 6.07 Å². The summed E-state index contributed by atoms with van der Waals surface area (Å²) in [4.78, 5) is 29.3. The number of hydrogen-bond acceptors (Lipinski definition) is 3. The third-order valence-electron chi connectivity index (χ3n) is 6.88. The second-order valence-electron chi connectivity index (χ2n) is 8.29. The zero-order valence-electron chi connectivity index (χ0n) is 15.7. The van der Waals surface area contributed by atoms with Crippen LogP contribution in [0.2, 0.25) is 5.02 Å². The first-order chi connectivity index (χ1) is 13.0. The minimum absolute atomic E-state index is 0.0822. The summed E-state index contributed by atoms with van der Waals surface area (Å²) in [5.74, 6) is 0.270. The molecule has 2 aliphatic heterocycles. The zero-order chi connectivity index (χ0) is 19.0. The van der Waals surface area contributed by atoms with E-state index in [9.17, 15) is 9.59 Å². The van der Waals surface area contributed by atoms with Gasteiger partial charge in [0.25, 0.3) is 0 Å². The van der Waals surface area contributed by atoms with E-state index in [-0.39, 0.29) is 35.9 Å². The van der Waals surface area contributed by atoms with Gasteiger partial charge in [-0.1, -0.05) is 23.7 Å². The Balaban J connectivity index is 1.48. The average Bonchev–Trinajstić information content (AvgIpc) is 2.71. The second kappa shape index (κ2) is 7.44. The Bertz CT molecular complexity index is 730. The van der Waals surface area contributed by atoms with Crippen molar-refractivity contribution in [3.63, 3.8) is 0 Å². The summed E-state index contributed by atoms with van der Waals surface area (Å²) < 4.78 is 0. The maximum atomic E-state index is 13.0. The highest BCUT2D eigenvalue weighted by atomic mass is 35.5. The molecule has 0 spiro atoms. The van der Waals surface area contributed by atoms with E-state index in [4.69, 9.17) is 17.3 Å². The van der Waals surface area contributed by atoms with Crippen LogP contribution in [-0.4, -0.2) is 53.3 Å². The van der Waals surface area contributed by atoms with Crippen LogP contribution in [0.15, 0.2) is 24.3 Å². The predicted molar refractivity (Wildman–Crippen MR) is 106 cm³/mol. The van der Waals surface area contributed by atoms with Gasteiger partial charge >= 0.3 is 0 Å². The fraction of sp³-hybridized carbons (Fsp3) is 0.619. The van der Waals surface area contributed by atoms with E-state index in [0.717, 1.165) is 56.5 Å². The van der Waals surface area contributed by atoms with E-state index in [1.54, 1.807) is 4.90 Å². The lowest BCUT2D eigenvalue weighted by atomic mass is 9.68. The Morgan fingerprint density at radius 2 is 1.89 bits per heavy atom. The molecule has 6 heteroatoms. The highest BCUT2D eigenvalue weighted by Crippen LogP contribution is 2.41. The van der Waals surface area contributed by atoms with Crippen LogP contribution in [0.4, 0.5) is 0 Å². The van der Waals surface area contributed by atoms with Gasteiger partial charge in [-0.25, -0.2) is 0 Å². The van der Waals surface area contributed by atoms with Crippen LogP contribution in [0.25, 0.3) is 0 Å². The molecule has 3 aliphatic rings. The van der Waals surface area contributed by atoms with Crippen molar-refractivity contribution < 1.29 is 9.59 Å². The number of amides is 2. The molecule has 0 aromatic heterocycles. The fourth-order valence-electron chi connectivity index (χ4n) is 5.20. The Hall–Kier alpha value is -1.59. The van der Waals surface area contributed by atoms with E-state index < -0.39 is 0 Å². The minimum atomic E-state index is -0.228. The van der Waals surface area contributed by atoms with Gasteiger partial charge in [0.05, 0.1) is 0 Å². The molecule has 146 valence electrons. The molecule has 0 bridgehead atoms. The standard InChI is InChI=1S/C21H28ClN3O2/c22-16-5-3-4-15(12-16)21(14-23)9-7-17(8-10-21)25-13-19(26)24-11-2-1-6-18(24)20(25)27/h3-5,12,17-18H,1-2,6-11,13-14,23H2/t17-,18-,21-/m0/s1. The lowest BCUT2D eigenvalue weighted by Gasteiger charge is -2.48. The Labute approximate surface area is 165 Å². The number of carbonyl (C=O) groups excluding carboxylic acids is 2. The molecule has 1 atom stereocenters. The van der Waals surface area contributed by atoms with Crippen molar-refractivity contribution in [3.05, 3.63) is 34.9 Å². The molecule has 4 rings (SSSR count). The van der Waals surface area contributed by atoms with Crippen LogP contribution < -0.4 is 5.73 Å². The molecule has 1 aromatic carbocycles. The molecule has 1 saturated carbocycles. The predicted octanol–water partition coefficient (Wildman–Crippen LogP) is 2.70. The molecule has 2 saturated heterocycles. The summed E-state index contributed by atoms with van der Waals surface area (Å²) in [6.07, 6.45) is 6.46. The lowest BCUT2D eigenvalue weighted by Crippen LogP contribution is -2.63. The number of hydrogen-bond donors (Lipinski definition) is 1. The molecule has 0 radical (unpaired) electrons. The Morgan fingerprint density at radius 3 is 2.59 bits per heavy atom. The number of carbonyl (C=O) groups is 2. The molecule has 3 fully saturated rings. The third kappa shape index (κ3) is 3.36. The molecule has 0 unspecified atom stereocenters. The molecular formula is C21H28ClN3O2. The summed E-state index contributed by atoms with van der Waals surface area (Å²) in [6, 6.07) is 7.90. The van der Waals surface area contributed by atoms with Gasteiger partial charge in [-0.05, 0) is 62.6 Å². The number of benzene rings is 1. The maximum Gasteiger partial charge on any atom is 0.246 e. The van der Waals surface area contributed by atoms with Gasteiger partial charge in [-0.15, -0.1) is 0 Å². The van der Waals surface area contributed by atoms with E-state index >= 15 is 0 Å². The summed E-state index contributed by atoms with van der Waals surface area (Å²) in [5, 5.41) is 0.733. The van der Waals surface area contributed by atoms with E-state index in [0.29, 0.717) is 6.54 Å². The normalized spacial score (nSPS) is 31.8. The van der Waals surface area contributed by atoms with Gasteiger partial charge < -0.3 is 15.5 Å². The molecule has 2 N–H and O–H groups in total. The monoisotopic (exact) mass is 389 g/mol. The van der Waals surface area contributed by atoms with Crippen molar-refractivity contribution in [2.45, 2.75) is 62.4 Å². The van der Waals surface area contributed by atoms with Crippen molar-refractivity contribution in [3.8, 4) is 0 Å². The van der Waals surface area contributed by atoms with Crippen LogP contribution >= 0.6 is 11.6 Å². The van der Waals surface area contributed by atoms with Gasteiger partial charge in [-0.3, -0.25) is 9.59 Å². The number of fused-ring (bicyclic) bond motifs is 1. The van der Waals surface area contributed by atoms with Crippen LogP contribution in [0.3, 0.4) is 0 Å². The molecule has 1 aliphatic carbocycles. The van der Waals surface area contributed by atoms with Crippen LogP contribution in [-0.2, 0) is 15.0 Å². The fourth-order valence-corrected chi connectivity index (χ4v) is 5.39. The number of nitrogens with two attached hydrogens (primary N) is 1. The topological polar surface area (TPSA) is 66.6 Å². The van der Waals surface area contributed by atoms with E-state index in [1.807, 2.05) is 23.1 Å². The van der Waals surface area contributed by atoms with Gasteiger partial charge in [0.2, 0.25) is 11.8 Å². The Morgan fingerprint density at radius 1 is 1.11 bits per heavy atom. The van der Waals surface area contributed by atoms with Crippen molar-refractivity contribution in [2.75, 3.05) is 19.6 Å². The van der Waals surface area contributed by atoms with Crippen LogP contribution in [0, 0.1) is 0 Å². The molecule has 27 heavy (non-hydrogen) atoms. The van der Waals surface area contributed by atoms with Gasteiger partial charge in [-0.2, -0.15) is 0 Å². The molecular weight excluding hydrogens is 362 g/mol. The number of piperazine rings is 1. The first kappa shape index (κ1) is 18.8. The Kier molecular flexibility index (Phi) is 5.17. The first-order valence-corrected chi connectivity index (χ1v) is 10.5. The van der Waals surface area contributed by atoms with Gasteiger partial charge in [0.15, 0.2) is 0 Å². The lowest BCUT2D eigenvalue weighted by molar-refractivity contribution is -0.160. The summed E-state index contributed by atoms with van der Waals surface area (Å²) in [6.45, 7) is 1.55. The van der Waals surface area contributed by atoms with Gasteiger partial charge in [0, 0.05) is 29.6 Å². The van der Waals surface area contributed by atoms with Crippen molar-refractivity contribution >= 4 is 23.4 Å². The highest BCUT2D eigenvalue weighted by molar-refractivity contribution is 6.30. The number of nitrogens with zero attached hydrogens (tertiary/aromatic N) is 2.